The number of carbonyl (C=O) groups is 2. The lowest BCUT2D eigenvalue weighted by atomic mass is 10.1. The van der Waals surface area contributed by atoms with Crippen LogP contribution in [0.15, 0.2) is 29.2 Å². The highest BCUT2D eigenvalue weighted by atomic mass is 32.2. The second kappa shape index (κ2) is 9.28. The van der Waals surface area contributed by atoms with Crippen LogP contribution >= 0.6 is 11.3 Å². The van der Waals surface area contributed by atoms with Gasteiger partial charge in [0.25, 0.3) is 11.8 Å². The molecule has 2 N–H and O–H groups in total. The molecule has 2 heterocycles. The molecule has 0 bridgehead atoms. The van der Waals surface area contributed by atoms with Crippen LogP contribution in [0.25, 0.3) is 0 Å². The zero-order chi connectivity index (χ0) is 21.9. The first-order chi connectivity index (χ1) is 14.3. The van der Waals surface area contributed by atoms with Gasteiger partial charge in [0, 0.05) is 30.6 Å². The van der Waals surface area contributed by atoms with Crippen molar-refractivity contribution >= 4 is 38.2 Å². The number of aryl methyl sites for hydroxylation is 1. The van der Waals surface area contributed by atoms with Gasteiger partial charge in [-0.25, -0.2) is 8.42 Å². The summed E-state index contributed by atoms with van der Waals surface area (Å²) in [6, 6.07) is 5.96. The van der Waals surface area contributed by atoms with Crippen molar-refractivity contribution in [2.24, 2.45) is 0 Å². The summed E-state index contributed by atoms with van der Waals surface area (Å²) in [4.78, 5) is 26.0. The first-order valence-electron chi connectivity index (χ1n) is 9.99. The minimum Gasteiger partial charge on any atom is -0.355 e. The Labute approximate surface area is 181 Å². The topological polar surface area (TPSA) is 95.6 Å². The van der Waals surface area contributed by atoms with Crippen LogP contribution in [-0.4, -0.2) is 44.7 Å². The van der Waals surface area contributed by atoms with E-state index >= 15 is 0 Å². The third-order valence-electron chi connectivity index (χ3n) is 5.39. The first-order valence-corrected chi connectivity index (χ1v) is 12.2. The Bertz CT molecular complexity index is 1030. The maximum Gasteiger partial charge on any atom is 0.256 e. The summed E-state index contributed by atoms with van der Waals surface area (Å²) in [7, 11) is -2.01. The smallest absolute Gasteiger partial charge is 0.256 e. The molecule has 1 aromatic carbocycles. The summed E-state index contributed by atoms with van der Waals surface area (Å²) in [6.07, 6.45) is 3.83. The van der Waals surface area contributed by atoms with E-state index in [9.17, 15) is 18.0 Å². The quantitative estimate of drug-likeness (QED) is 0.730. The third-order valence-corrected chi connectivity index (χ3v) is 8.42. The van der Waals surface area contributed by atoms with Crippen LogP contribution in [0.3, 0.4) is 0 Å². The van der Waals surface area contributed by atoms with Gasteiger partial charge in [0.2, 0.25) is 10.0 Å². The molecule has 2 amide bonds. The van der Waals surface area contributed by atoms with E-state index in [-0.39, 0.29) is 16.7 Å². The lowest BCUT2D eigenvalue weighted by molar-refractivity contribution is 0.0963. The van der Waals surface area contributed by atoms with Gasteiger partial charge >= 0.3 is 0 Å². The van der Waals surface area contributed by atoms with E-state index in [1.807, 2.05) is 13.8 Å². The number of anilines is 1. The van der Waals surface area contributed by atoms with E-state index < -0.39 is 10.0 Å². The number of hydrogen-bond acceptors (Lipinski definition) is 5. The van der Waals surface area contributed by atoms with Gasteiger partial charge in [0.05, 0.1) is 10.5 Å². The number of rotatable bonds is 5. The largest absolute Gasteiger partial charge is 0.355 e. The van der Waals surface area contributed by atoms with E-state index in [0.717, 1.165) is 36.1 Å². The fourth-order valence-corrected chi connectivity index (χ4v) is 6.07. The average Bonchev–Trinajstić information content (AvgIpc) is 2.93. The van der Waals surface area contributed by atoms with E-state index in [1.165, 1.54) is 39.9 Å². The Balaban J connectivity index is 1.79. The molecule has 1 saturated heterocycles. The van der Waals surface area contributed by atoms with Crippen LogP contribution in [0.1, 0.15) is 56.8 Å². The molecule has 7 nitrogen and oxygen atoms in total. The van der Waals surface area contributed by atoms with Crippen molar-refractivity contribution in [1.82, 2.24) is 9.62 Å². The standard InChI is InChI=1S/C21H27N3O4S2/c1-14-15(2)29-21(18(14)20(26)22-3)23-19(25)16-8-10-17(11-9-16)30(27,28)24-12-6-4-5-7-13-24/h8-11H,4-7,12-13H2,1-3H3,(H,22,26)(H,23,25). The molecular weight excluding hydrogens is 422 g/mol. The molecule has 3 rings (SSSR count). The minimum atomic E-state index is -3.56. The average molecular weight is 450 g/mol. The van der Waals surface area contributed by atoms with Crippen LogP contribution in [0.5, 0.6) is 0 Å². The molecule has 0 atom stereocenters. The monoisotopic (exact) mass is 449 g/mol. The van der Waals surface area contributed by atoms with Crippen molar-refractivity contribution < 1.29 is 18.0 Å². The Morgan fingerprint density at radius 1 is 0.967 bits per heavy atom. The summed E-state index contributed by atoms with van der Waals surface area (Å²) in [5.74, 6) is -0.647. The Hall–Kier alpha value is -2.23. The van der Waals surface area contributed by atoms with E-state index in [2.05, 4.69) is 10.6 Å². The van der Waals surface area contributed by atoms with Crippen molar-refractivity contribution in [1.29, 1.82) is 0 Å². The van der Waals surface area contributed by atoms with Gasteiger partial charge in [-0.15, -0.1) is 11.3 Å². The van der Waals surface area contributed by atoms with Gasteiger partial charge in [-0.1, -0.05) is 12.8 Å². The Morgan fingerprint density at radius 3 is 2.13 bits per heavy atom. The normalized spacial score (nSPS) is 15.4. The Kier molecular flexibility index (Phi) is 6.95. The molecule has 0 saturated carbocycles. The number of carbonyl (C=O) groups excluding carboxylic acids is 2. The zero-order valence-corrected chi connectivity index (χ0v) is 19.1. The van der Waals surface area contributed by atoms with Crippen LogP contribution in [0, 0.1) is 13.8 Å². The predicted octanol–water partition coefficient (Wildman–Crippen LogP) is 3.54. The molecule has 30 heavy (non-hydrogen) atoms. The van der Waals surface area contributed by atoms with Gasteiger partial charge in [0.1, 0.15) is 5.00 Å². The van der Waals surface area contributed by atoms with Gasteiger partial charge in [-0.3, -0.25) is 9.59 Å². The summed E-state index contributed by atoms with van der Waals surface area (Å²) in [5, 5.41) is 5.87. The third kappa shape index (κ3) is 4.58. The van der Waals surface area contributed by atoms with Crippen molar-refractivity contribution in [2.75, 3.05) is 25.5 Å². The maximum atomic E-state index is 12.9. The lowest BCUT2D eigenvalue weighted by Crippen LogP contribution is -2.31. The van der Waals surface area contributed by atoms with E-state index in [4.69, 9.17) is 0 Å². The minimum absolute atomic E-state index is 0.190. The van der Waals surface area contributed by atoms with Gasteiger partial charge in [-0.05, 0) is 56.5 Å². The first kappa shape index (κ1) is 22.5. The van der Waals surface area contributed by atoms with Crippen LogP contribution in [-0.2, 0) is 10.0 Å². The number of nitrogens with one attached hydrogen (secondary N) is 2. The molecule has 1 aliphatic heterocycles. The molecular formula is C21H27N3O4S2. The molecule has 1 aliphatic rings. The number of benzene rings is 1. The van der Waals surface area contributed by atoms with Crippen LogP contribution in [0.4, 0.5) is 5.00 Å². The van der Waals surface area contributed by atoms with Crippen molar-refractivity contribution in [3.05, 3.63) is 45.8 Å². The fraction of sp³-hybridized carbons (Fsp3) is 0.429. The molecule has 2 aromatic rings. The number of amides is 2. The van der Waals surface area contributed by atoms with Crippen molar-refractivity contribution in [3.63, 3.8) is 0 Å². The lowest BCUT2D eigenvalue weighted by Gasteiger charge is -2.20. The van der Waals surface area contributed by atoms with E-state index in [0.29, 0.717) is 29.2 Å². The van der Waals surface area contributed by atoms with Crippen molar-refractivity contribution in [3.8, 4) is 0 Å². The fourth-order valence-electron chi connectivity index (χ4n) is 3.50. The number of thiophene rings is 1. The maximum absolute atomic E-state index is 12.9. The summed E-state index contributed by atoms with van der Waals surface area (Å²) in [6.45, 7) is 4.80. The highest BCUT2D eigenvalue weighted by Gasteiger charge is 2.25. The molecule has 0 spiro atoms. The van der Waals surface area contributed by atoms with Gasteiger partial charge in [0.15, 0.2) is 0 Å². The SMILES string of the molecule is CNC(=O)c1c(NC(=O)c2ccc(S(=O)(=O)N3CCCCCC3)cc2)sc(C)c1C. The zero-order valence-electron chi connectivity index (χ0n) is 17.4. The van der Waals surface area contributed by atoms with E-state index in [1.54, 1.807) is 7.05 Å². The molecule has 0 aliphatic carbocycles. The second-order valence-electron chi connectivity index (χ2n) is 7.36. The number of hydrogen-bond donors (Lipinski definition) is 2. The predicted molar refractivity (Wildman–Crippen MR) is 119 cm³/mol. The summed E-state index contributed by atoms with van der Waals surface area (Å²) < 4.78 is 27.3. The van der Waals surface area contributed by atoms with Gasteiger partial charge in [-0.2, -0.15) is 4.31 Å². The molecule has 162 valence electrons. The Morgan fingerprint density at radius 2 is 1.57 bits per heavy atom. The number of sulfonamides is 1. The second-order valence-corrected chi connectivity index (χ2v) is 10.5. The summed E-state index contributed by atoms with van der Waals surface area (Å²) in [5.41, 5.74) is 1.61. The van der Waals surface area contributed by atoms with Crippen molar-refractivity contribution in [2.45, 2.75) is 44.4 Å². The highest BCUT2D eigenvalue weighted by Crippen LogP contribution is 2.32. The van der Waals surface area contributed by atoms with Gasteiger partial charge < -0.3 is 10.6 Å². The highest BCUT2D eigenvalue weighted by molar-refractivity contribution is 7.89. The molecule has 1 aromatic heterocycles. The molecule has 0 unspecified atom stereocenters. The molecule has 0 radical (unpaired) electrons. The molecule has 9 heteroatoms. The summed E-state index contributed by atoms with van der Waals surface area (Å²) >= 11 is 1.34. The van der Waals surface area contributed by atoms with Crippen LogP contribution in [0.2, 0.25) is 0 Å². The van der Waals surface area contributed by atoms with Crippen LogP contribution < -0.4 is 10.6 Å². The molecule has 1 fully saturated rings. The number of nitrogens with zero attached hydrogens (tertiary/aromatic N) is 1.